The second kappa shape index (κ2) is 6.19. The topological polar surface area (TPSA) is 29.3 Å². The average molecular weight is 240 g/mol. The molecule has 0 spiro atoms. The zero-order chi connectivity index (χ0) is 12.9. The molecule has 102 valence electrons. The zero-order valence-corrected chi connectivity index (χ0v) is 12.4. The van der Waals surface area contributed by atoms with Crippen LogP contribution >= 0.6 is 0 Å². The van der Waals surface area contributed by atoms with Gasteiger partial charge in [0, 0.05) is 17.6 Å². The molecule has 0 aromatic carbocycles. The first-order valence-electron chi connectivity index (χ1n) is 7.42. The van der Waals surface area contributed by atoms with Crippen LogP contribution in [0, 0.1) is 0 Å². The van der Waals surface area contributed by atoms with Crippen LogP contribution in [-0.4, -0.2) is 29.6 Å². The smallest absolute Gasteiger partial charge is 0.0334 e. The van der Waals surface area contributed by atoms with Gasteiger partial charge in [-0.05, 0) is 40.2 Å². The highest BCUT2D eigenvalue weighted by Gasteiger charge is 2.39. The van der Waals surface area contributed by atoms with E-state index in [-0.39, 0.29) is 11.1 Å². The first kappa shape index (κ1) is 15.0. The molecule has 1 aliphatic rings. The number of hydrogen-bond acceptors (Lipinski definition) is 2. The Morgan fingerprint density at radius 1 is 1.06 bits per heavy atom. The second-order valence-electron chi connectivity index (χ2n) is 6.42. The van der Waals surface area contributed by atoms with Crippen LogP contribution in [0.15, 0.2) is 0 Å². The molecule has 1 saturated carbocycles. The van der Waals surface area contributed by atoms with Crippen LogP contribution in [0.1, 0.15) is 72.1 Å². The maximum atomic E-state index is 6.17. The van der Waals surface area contributed by atoms with Crippen molar-refractivity contribution in [1.29, 1.82) is 0 Å². The summed E-state index contributed by atoms with van der Waals surface area (Å²) in [7, 11) is 2.29. The van der Waals surface area contributed by atoms with Crippen molar-refractivity contribution in [3.63, 3.8) is 0 Å². The summed E-state index contributed by atoms with van der Waals surface area (Å²) in [5.41, 5.74) is 6.68. The number of hydrogen-bond donors (Lipinski definition) is 1. The lowest BCUT2D eigenvalue weighted by Crippen LogP contribution is -2.59. The number of nitrogens with two attached hydrogens (primary N) is 1. The van der Waals surface area contributed by atoms with Gasteiger partial charge in [-0.15, -0.1) is 0 Å². The third-order valence-corrected chi connectivity index (χ3v) is 5.15. The monoisotopic (exact) mass is 240 g/mol. The van der Waals surface area contributed by atoms with Crippen LogP contribution in [0.2, 0.25) is 0 Å². The summed E-state index contributed by atoms with van der Waals surface area (Å²) in [5.74, 6) is 0. The van der Waals surface area contributed by atoms with E-state index in [0.29, 0.717) is 0 Å². The molecule has 1 fully saturated rings. The van der Waals surface area contributed by atoms with Crippen LogP contribution < -0.4 is 5.73 Å². The summed E-state index contributed by atoms with van der Waals surface area (Å²) < 4.78 is 0. The van der Waals surface area contributed by atoms with E-state index >= 15 is 0 Å². The van der Waals surface area contributed by atoms with Crippen molar-refractivity contribution in [2.75, 3.05) is 13.6 Å². The molecular formula is C15H32N2. The molecule has 0 aromatic rings. The Hall–Kier alpha value is -0.0800. The van der Waals surface area contributed by atoms with E-state index in [9.17, 15) is 0 Å². The summed E-state index contributed by atoms with van der Waals surface area (Å²) in [6.45, 7) is 7.79. The van der Waals surface area contributed by atoms with Crippen molar-refractivity contribution >= 4 is 0 Å². The number of likely N-dealkylation sites (N-methyl/N-ethyl adjacent to an activating group) is 1. The van der Waals surface area contributed by atoms with Crippen molar-refractivity contribution in [3.8, 4) is 0 Å². The highest BCUT2D eigenvalue weighted by Crippen LogP contribution is 2.35. The summed E-state index contributed by atoms with van der Waals surface area (Å²) in [6.07, 6.45) is 10.6. The van der Waals surface area contributed by atoms with E-state index < -0.39 is 0 Å². The fourth-order valence-corrected chi connectivity index (χ4v) is 3.12. The molecule has 0 saturated heterocycles. The first-order chi connectivity index (χ1) is 7.98. The summed E-state index contributed by atoms with van der Waals surface area (Å²) in [6, 6.07) is 0. The molecule has 2 heteroatoms. The van der Waals surface area contributed by atoms with Gasteiger partial charge in [-0.25, -0.2) is 0 Å². The Labute approximate surface area is 108 Å². The largest absolute Gasteiger partial charge is 0.329 e. The van der Waals surface area contributed by atoms with Crippen molar-refractivity contribution in [3.05, 3.63) is 0 Å². The number of rotatable bonds is 4. The van der Waals surface area contributed by atoms with Gasteiger partial charge in [-0.3, -0.25) is 4.90 Å². The molecule has 0 bridgehead atoms. The summed E-state index contributed by atoms with van der Waals surface area (Å²) in [4.78, 5) is 2.59. The zero-order valence-electron chi connectivity index (χ0n) is 12.4. The van der Waals surface area contributed by atoms with Gasteiger partial charge < -0.3 is 5.73 Å². The molecule has 17 heavy (non-hydrogen) atoms. The molecule has 0 heterocycles. The summed E-state index contributed by atoms with van der Waals surface area (Å²) >= 11 is 0. The Morgan fingerprint density at radius 2 is 1.53 bits per heavy atom. The molecule has 2 nitrogen and oxygen atoms in total. The number of nitrogens with zero attached hydrogens (tertiary/aromatic N) is 1. The lowest BCUT2D eigenvalue weighted by atomic mass is 9.79. The SMILES string of the molecule is CCC(C)(C)N(C)C1(CN)CCCCCCC1. The maximum Gasteiger partial charge on any atom is 0.0334 e. The van der Waals surface area contributed by atoms with E-state index in [2.05, 4.69) is 32.7 Å². The molecule has 0 radical (unpaired) electrons. The van der Waals surface area contributed by atoms with Crippen molar-refractivity contribution in [2.24, 2.45) is 5.73 Å². The van der Waals surface area contributed by atoms with Crippen molar-refractivity contribution in [1.82, 2.24) is 4.90 Å². The minimum absolute atomic E-state index is 0.250. The summed E-state index contributed by atoms with van der Waals surface area (Å²) in [5, 5.41) is 0. The second-order valence-corrected chi connectivity index (χ2v) is 6.42. The van der Waals surface area contributed by atoms with Crippen LogP contribution in [0.25, 0.3) is 0 Å². The lowest BCUT2D eigenvalue weighted by molar-refractivity contribution is 0.00585. The molecule has 2 N–H and O–H groups in total. The van der Waals surface area contributed by atoms with Gasteiger partial charge in [-0.2, -0.15) is 0 Å². The van der Waals surface area contributed by atoms with E-state index in [1.54, 1.807) is 0 Å². The van der Waals surface area contributed by atoms with Crippen molar-refractivity contribution < 1.29 is 0 Å². The van der Waals surface area contributed by atoms with Gasteiger partial charge in [0.1, 0.15) is 0 Å². The van der Waals surface area contributed by atoms with Gasteiger partial charge in [-0.1, -0.05) is 39.0 Å². The predicted molar refractivity (Wildman–Crippen MR) is 76.2 cm³/mol. The molecule has 0 unspecified atom stereocenters. The quantitative estimate of drug-likeness (QED) is 0.814. The Morgan fingerprint density at radius 3 is 1.94 bits per heavy atom. The Bertz CT molecular complexity index is 215. The van der Waals surface area contributed by atoms with Crippen molar-refractivity contribution in [2.45, 2.75) is 83.2 Å². The molecule has 0 atom stereocenters. The normalized spacial score (nSPS) is 22.2. The minimum Gasteiger partial charge on any atom is -0.329 e. The fourth-order valence-electron chi connectivity index (χ4n) is 3.12. The third kappa shape index (κ3) is 3.45. The van der Waals surface area contributed by atoms with Crippen LogP contribution in [0.4, 0.5) is 0 Å². The standard InChI is InChI=1S/C15H32N2/c1-5-14(2,3)17(4)15(13-16)11-9-7-6-8-10-12-15/h5-13,16H2,1-4H3. The molecule has 1 rings (SSSR count). The Balaban J connectivity index is 2.83. The van der Waals surface area contributed by atoms with E-state index in [0.717, 1.165) is 6.54 Å². The predicted octanol–water partition coefficient (Wildman–Crippen LogP) is 3.55. The third-order valence-electron chi connectivity index (χ3n) is 5.15. The molecular weight excluding hydrogens is 208 g/mol. The minimum atomic E-state index is 0.250. The molecule has 1 aliphatic carbocycles. The van der Waals surface area contributed by atoms with Gasteiger partial charge in [0.15, 0.2) is 0 Å². The van der Waals surface area contributed by atoms with E-state index in [1.807, 2.05) is 0 Å². The van der Waals surface area contributed by atoms with Gasteiger partial charge >= 0.3 is 0 Å². The molecule has 0 aliphatic heterocycles. The fraction of sp³-hybridized carbons (Fsp3) is 1.00. The van der Waals surface area contributed by atoms with Crippen LogP contribution in [-0.2, 0) is 0 Å². The highest BCUT2D eigenvalue weighted by molar-refractivity contribution is 4.97. The molecule has 0 aromatic heterocycles. The highest BCUT2D eigenvalue weighted by atomic mass is 15.2. The van der Waals surface area contributed by atoms with Gasteiger partial charge in [0.2, 0.25) is 0 Å². The van der Waals surface area contributed by atoms with Crippen LogP contribution in [0.5, 0.6) is 0 Å². The van der Waals surface area contributed by atoms with E-state index in [1.165, 1.54) is 51.4 Å². The van der Waals surface area contributed by atoms with Gasteiger partial charge in [0.05, 0.1) is 0 Å². The van der Waals surface area contributed by atoms with E-state index in [4.69, 9.17) is 5.73 Å². The lowest BCUT2D eigenvalue weighted by Gasteiger charge is -2.50. The van der Waals surface area contributed by atoms with Crippen LogP contribution in [0.3, 0.4) is 0 Å². The van der Waals surface area contributed by atoms with Gasteiger partial charge in [0.25, 0.3) is 0 Å². The Kier molecular flexibility index (Phi) is 5.46. The average Bonchev–Trinajstić information content (AvgIpc) is 2.29. The maximum absolute atomic E-state index is 6.17. The first-order valence-corrected chi connectivity index (χ1v) is 7.42. The molecule has 0 amide bonds.